The van der Waals surface area contributed by atoms with E-state index in [9.17, 15) is 14.4 Å². The molecule has 0 saturated carbocycles. The third-order valence-corrected chi connectivity index (χ3v) is 6.17. The third-order valence-electron chi connectivity index (χ3n) is 5.27. The SMILES string of the molecule is Cc1cccc(C(=O)Nc2ccccc2C(=O)OCc2csc(CC(=O)NCc3ccccc3)n2)c1. The van der Waals surface area contributed by atoms with Crippen LogP contribution in [0.25, 0.3) is 0 Å². The van der Waals surface area contributed by atoms with Crippen LogP contribution in [0, 0.1) is 6.92 Å². The van der Waals surface area contributed by atoms with E-state index in [1.807, 2.05) is 43.3 Å². The number of esters is 1. The van der Waals surface area contributed by atoms with Crippen LogP contribution in [-0.2, 0) is 29.1 Å². The highest BCUT2D eigenvalue weighted by atomic mass is 32.1. The molecule has 182 valence electrons. The second kappa shape index (κ2) is 11.9. The average Bonchev–Trinajstić information content (AvgIpc) is 3.34. The van der Waals surface area contributed by atoms with Crippen molar-refractivity contribution in [3.05, 3.63) is 117 Å². The number of carbonyl (C=O) groups is 3. The standard InChI is InChI=1S/C28H25N3O4S/c1-19-8-7-11-21(14-19)27(33)31-24-13-6-5-12-23(24)28(34)35-17-22-18-36-26(30-22)15-25(32)29-16-20-9-3-2-4-10-20/h2-14,18H,15-17H2,1H3,(H,29,32)(H,31,33). The molecule has 7 nitrogen and oxygen atoms in total. The first-order valence-corrected chi connectivity index (χ1v) is 12.2. The summed E-state index contributed by atoms with van der Waals surface area (Å²) in [7, 11) is 0. The van der Waals surface area contributed by atoms with Crippen molar-refractivity contribution in [3.8, 4) is 0 Å². The summed E-state index contributed by atoms with van der Waals surface area (Å²) in [6.45, 7) is 2.32. The minimum absolute atomic E-state index is 0.0405. The Morgan fingerprint density at radius 1 is 0.944 bits per heavy atom. The van der Waals surface area contributed by atoms with Crippen molar-refractivity contribution in [3.63, 3.8) is 0 Å². The van der Waals surface area contributed by atoms with Crippen LogP contribution in [0.5, 0.6) is 0 Å². The van der Waals surface area contributed by atoms with Gasteiger partial charge in [0.15, 0.2) is 0 Å². The van der Waals surface area contributed by atoms with Gasteiger partial charge in [-0.25, -0.2) is 9.78 Å². The highest BCUT2D eigenvalue weighted by Gasteiger charge is 2.16. The maximum Gasteiger partial charge on any atom is 0.340 e. The van der Waals surface area contributed by atoms with Gasteiger partial charge >= 0.3 is 5.97 Å². The van der Waals surface area contributed by atoms with Gasteiger partial charge in [0.1, 0.15) is 11.6 Å². The molecule has 0 atom stereocenters. The predicted molar refractivity (Wildman–Crippen MR) is 139 cm³/mol. The Morgan fingerprint density at radius 3 is 2.53 bits per heavy atom. The molecule has 8 heteroatoms. The number of hydrogen-bond donors (Lipinski definition) is 2. The zero-order valence-corrected chi connectivity index (χ0v) is 20.5. The van der Waals surface area contributed by atoms with E-state index in [4.69, 9.17) is 4.74 Å². The molecule has 0 radical (unpaired) electrons. The summed E-state index contributed by atoms with van der Waals surface area (Å²) in [6, 6.07) is 23.5. The minimum Gasteiger partial charge on any atom is -0.455 e. The normalized spacial score (nSPS) is 10.5. The van der Waals surface area contributed by atoms with Gasteiger partial charge < -0.3 is 15.4 Å². The number of carbonyl (C=O) groups excluding carboxylic acids is 3. The Balaban J connectivity index is 1.31. The summed E-state index contributed by atoms with van der Waals surface area (Å²) >= 11 is 1.34. The number of aromatic nitrogens is 1. The zero-order chi connectivity index (χ0) is 25.3. The first-order valence-electron chi connectivity index (χ1n) is 11.4. The number of amides is 2. The number of aryl methyl sites for hydroxylation is 1. The number of nitrogens with one attached hydrogen (secondary N) is 2. The molecule has 0 aliphatic rings. The van der Waals surface area contributed by atoms with Crippen molar-refractivity contribution < 1.29 is 19.1 Å². The summed E-state index contributed by atoms with van der Waals surface area (Å²) < 4.78 is 5.44. The lowest BCUT2D eigenvalue weighted by Gasteiger charge is -2.11. The quantitative estimate of drug-likeness (QED) is 0.319. The van der Waals surface area contributed by atoms with Gasteiger partial charge in [0.25, 0.3) is 5.91 Å². The fourth-order valence-electron chi connectivity index (χ4n) is 3.46. The van der Waals surface area contributed by atoms with E-state index in [1.165, 1.54) is 11.3 Å². The van der Waals surface area contributed by atoms with Gasteiger partial charge in [-0.15, -0.1) is 11.3 Å². The van der Waals surface area contributed by atoms with Gasteiger partial charge in [-0.3, -0.25) is 9.59 Å². The second-order valence-corrected chi connectivity index (χ2v) is 9.06. The topological polar surface area (TPSA) is 97.4 Å². The minimum atomic E-state index is -0.578. The first-order chi connectivity index (χ1) is 17.5. The van der Waals surface area contributed by atoms with Crippen LogP contribution in [0.1, 0.15) is 42.5 Å². The average molecular weight is 500 g/mol. The number of nitrogens with zero attached hydrogens (tertiary/aromatic N) is 1. The van der Waals surface area contributed by atoms with Crippen molar-refractivity contribution in [2.24, 2.45) is 0 Å². The van der Waals surface area contributed by atoms with Crippen molar-refractivity contribution >= 4 is 34.8 Å². The summed E-state index contributed by atoms with van der Waals surface area (Å²) in [6.07, 6.45) is 0.152. The third kappa shape index (κ3) is 6.86. The number of anilines is 1. The molecule has 36 heavy (non-hydrogen) atoms. The van der Waals surface area contributed by atoms with Crippen molar-refractivity contribution in [1.29, 1.82) is 0 Å². The van der Waals surface area contributed by atoms with E-state index in [1.54, 1.807) is 47.8 Å². The van der Waals surface area contributed by atoms with Crippen LogP contribution in [0.15, 0.2) is 84.2 Å². The van der Waals surface area contributed by atoms with Crippen LogP contribution in [-0.4, -0.2) is 22.8 Å². The number of para-hydroxylation sites is 1. The van der Waals surface area contributed by atoms with Crippen LogP contribution >= 0.6 is 11.3 Å². The van der Waals surface area contributed by atoms with E-state index >= 15 is 0 Å². The monoisotopic (exact) mass is 499 g/mol. The van der Waals surface area contributed by atoms with E-state index < -0.39 is 5.97 Å². The highest BCUT2D eigenvalue weighted by molar-refractivity contribution is 7.09. The summed E-state index contributed by atoms with van der Waals surface area (Å²) in [4.78, 5) is 42.0. The number of rotatable bonds is 9. The fourth-order valence-corrected chi connectivity index (χ4v) is 4.24. The molecule has 0 spiro atoms. The van der Waals surface area contributed by atoms with Gasteiger partial charge in [-0.05, 0) is 36.8 Å². The Kier molecular flexibility index (Phi) is 8.20. The molecule has 1 heterocycles. The zero-order valence-electron chi connectivity index (χ0n) is 19.7. The molecule has 1 aromatic heterocycles. The van der Waals surface area contributed by atoms with Crippen molar-refractivity contribution in [2.45, 2.75) is 26.5 Å². The van der Waals surface area contributed by atoms with Crippen molar-refractivity contribution in [1.82, 2.24) is 10.3 Å². The Hall–Kier alpha value is -4.30. The molecule has 0 aliphatic carbocycles. The van der Waals surface area contributed by atoms with Crippen LogP contribution < -0.4 is 10.6 Å². The molecular formula is C28H25N3O4S. The number of thiazole rings is 1. The molecule has 2 amide bonds. The van der Waals surface area contributed by atoms with Crippen LogP contribution in [0.3, 0.4) is 0 Å². The fraction of sp³-hybridized carbons (Fsp3) is 0.143. The molecule has 0 aliphatic heterocycles. The molecule has 4 rings (SSSR count). The van der Waals surface area contributed by atoms with E-state index in [2.05, 4.69) is 15.6 Å². The predicted octanol–water partition coefficient (Wildman–Crippen LogP) is 4.92. The van der Waals surface area contributed by atoms with E-state index in [-0.39, 0.29) is 30.4 Å². The van der Waals surface area contributed by atoms with Crippen molar-refractivity contribution in [2.75, 3.05) is 5.32 Å². The van der Waals surface area contributed by atoms with Gasteiger partial charge in [0.05, 0.1) is 23.4 Å². The second-order valence-electron chi connectivity index (χ2n) is 8.12. The molecule has 0 bridgehead atoms. The Labute approximate surface area is 213 Å². The van der Waals surface area contributed by atoms with Crippen LogP contribution in [0.4, 0.5) is 5.69 Å². The van der Waals surface area contributed by atoms with Gasteiger partial charge in [0, 0.05) is 17.5 Å². The van der Waals surface area contributed by atoms with E-state index in [0.29, 0.717) is 28.5 Å². The summed E-state index contributed by atoms with van der Waals surface area (Å²) in [5.74, 6) is -1.02. The van der Waals surface area contributed by atoms with Crippen LogP contribution in [0.2, 0.25) is 0 Å². The first kappa shape index (κ1) is 24.8. The molecule has 2 N–H and O–H groups in total. The van der Waals surface area contributed by atoms with Gasteiger partial charge in [0.2, 0.25) is 5.91 Å². The number of benzene rings is 3. The van der Waals surface area contributed by atoms with E-state index in [0.717, 1.165) is 11.1 Å². The molecule has 0 saturated heterocycles. The lowest BCUT2D eigenvalue weighted by atomic mass is 10.1. The summed E-state index contributed by atoms with van der Waals surface area (Å²) in [5.41, 5.74) is 3.65. The number of ether oxygens (including phenoxy) is 1. The lowest BCUT2D eigenvalue weighted by molar-refractivity contribution is -0.120. The maximum absolute atomic E-state index is 12.8. The number of hydrogen-bond acceptors (Lipinski definition) is 6. The Morgan fingerprint density at radius 2 is 1.72 bits per heavy atom. The summed E-state index contributed by atoms with van der Waals surface area (Å²) in [5, 5.41) is 8.06. The molecular weight excluding hydrogens is 474 g/mol. The molecule has 4 aromatic rings. The van der Waals surface area contributed by atoms with Gasteiger partial charge in [-0.1, -0.05) is 60.2 Å². The highest BCUT2D eigenvalue weighted by Crippen LogP contribution is 2.19. The largest absolute Gasteiger partial charge is 0.455 e. The maximum atomic E-state index is 12.8. The van der Waals surface area contributed by atoms with Gasteiger partial charge in [-0.2, -0.15) is 0 Å². The molecule has 0 unspecified atom stereocenters. The smallest absolute Gasteiger partial charge is 0.340 e. The molecule has 3 aromatic carbocycles. The Bertz CT molecular complexity index is 1370. The molecule has 0 fully saturated rings. The lowest BCUT2D eigenvalue weighted by Crippen LogP contribution is -2.24.